The lowest BCUT2D eigenvalue weighted by molar-refractivity contribution is -0.137. The summed E-state index contributed by atoms with van der Waals surface area (Å²) < 4.78 is 38.2. The average molecular weight is 299 g/mol. The van der Waals surface area contributed by atoms with Crippen LogP contribution in [0.2, 0.25) is 0 Å². The molecule has 1 rings (SSSR count). The molecule has 0 heterocycles. The molecule has 0 fully saturated rings. The molecular formula is C16H20F3NO. The first kappa shape index (κ1) is 17.3. The Bertz CT molecular complexity index is 495. The van der Waals surface area contributed by atoms with E-state index in [4.69, 9.17) is 0 Å². The summed E-state index contributed by atoms with van der Waals surface area (Å²) in [5, 5.41) is 2.71. The average Bonchev–Trinajstić information content (AvgIpc) is 2.45. The Balaban J connectivity index is 2.71. The normalized spacial score (nSPS) is 11.2. The number of nitrogens with one attached hydrogen (secondary N) is 1. The van der Waals surface area contributed by atoms with E-state index in [1.54, 1.807) is 0 Å². The third kappa shape index (κ3) is 5.25. The summed E-state index contributed by atoms with van der Waals surface area (Å²) in [6.45, 7) is 6.00. The topological polar surface area (TPSA) is 29.1 Å². The number of halogens is 3. The molecule has 1 amide bonds. The molecule has 1 N–H and O–H groups in total. The highest BCUT2D eigenvalue weighted by Gasteiger charge is 2.32. The first-order valence-electron chi connectivity index (χ1n) is 7.02. The molecule has 0 aromatic heterocycles. The molecular weight excluding hydrogens is 279 g/mol. The van der Waals surface area contributed by atoms with Gasteiger partial charge in [0.25, 0.3) is 5.91 Å². The summed E-state index contributed by atoms with van der Waals surface area (Å²) >= 11 is 0. The second kappa shape index (κ2) is 7.86. The van der Waals surface area contributed by atoms with Crippen LogP contribution in [0.4, 0.5) is 13.2 Å². The quantitative estimate of drug-likeness (QED) is 0.729. The number of carbonyl (C=O) groups excluding carboxylic acids is 1. The molecule has 21 heavy (non-hydrogen) atoms. The van der Waals surface area contributed by atoms with Crippen molar-refractivity contribution in [3.05, 3.63) is 41.5 Å². The molecule has 0 saturated heterocycles. The van der Waals surface area contributed by atoms with Gasteiger partial charge in [-0.05, 0) is 30.2 Å². The van der Waals surface area contributed by atoms with Gasteiger partial charge in [0.1, 0.15) is 0 Å². The van der Waals surface area contributed by atoms with Gasteiger partial charge in [0, 0.05) is 12.1 Å². The Hall–Kier alpha value is -1.78. The van der Waals surface area contributed by atoms with Crippen LogP contribution in [0.25, 0.3) is 6.08 Å². The maximum Gasteiger partial charge on any atom is 0.416 e. The number of carbonyl (C=O) groups is 1. The van der Waals surface area contributed by atoms with Gasteiger partial charge < -0.3 is 5.32 Å². The fraction of sp³-hybridized carbons (Fsp3) is 0.438. The van der Waals surface area contributed by atoms with Gasteiger partial charge in [-0.25, -0.2) is 0 Å². The minimum absolute atomic E-state index is 0.0823. The molecule has 0 unspecified atom stereocenters. The van der Waals surface area contributed by atoms with Crippen molar-refractivity contribution in [1.82, 2.24) is 5.32 Å². The molecule has 1 aromatic carbocycles. The van der Waals surface area contributed by atoms with Gasteiger partial charge >= 0.3 is 6.18 Å². The third-order valence-corrected chi connectivity index (χ3v) is 3.15. The van der Waals surface area contributed by atoms with Crippen molar-refractivity contribution < 1.29 is 18.0 Å². The molecule has 0 spiro atoms. The molecule has 0 saturated carbocycles. The van der Waals surface area contributed by atoms with Crippen LogP contribution in [0.3, 0.4) is 0 Å². The number of hydrogen-bond donors (Lipinski definition) is 1. The number of unbranched alkanes of at least 4 members (excludes halogenated alkanes) is 3. The van der Waals surface area contributed by atoms with E-state index in [1.165, 1.54) is 12.1 Å². The molecule has 0 aliphatic rings. The number of alkyl halides is 3. The zero-order valence-corrected chi connectivity index (χ0v) is 12.1. The second-order valence-corrected chi connectivity index (χ2v) is 4.82. The van der Waals surface area contributed by atoms with Crippen molar-refractivity contribution in [2.75, 3.05) is 6.54 Å². The lowest BCUT2D eigenvalue weighted by Crippen LogP contribution is -2.24. The van der Waals surface area contributed by atoms with E-state index < -0.39 is 11.7 Å². The van der Waals surface area contributed by atoms with Gasteiger partial charge in [-0.3, -0.25) is 4.79 Å². The lowest BCUT2D eigenvalue weighted by atomic mass is 10.0. The number of hydrogen-bond acceptors (Lipinski definition) is 1. The van der Waals surface area contributed by atoms with E-state index in [1.807, 2.05) is 0 Å². The summed E-state index contributed by atoms with van der Waals surface area (Å²) in [7, 11) is 0. The van der Waals surface area contributed by atoms with Gasteiger partial charge in [-0.15, -0.1) is 0 Å². The highest BCUT2D eigenvalue weighted by Crippen LogP contribution is 2.32. The molecule has 0 bridgehead atoms. The molecule has 116 valence electrons. The van der Waals surface area contributed by atoms with E-state index in [9.17, 15) is 18.0 Å². The van der Waals surface area contributed by atoms with Gasteiger partial charge in [0.05, 0.1) is 5.56 Å². The Morgan fingerprint density at radius 2 is 2.00 bits per heavy atom. The standard InChI is InChI=1S/C16H20F3NO/c1-3-5-6-7-10-20-15(21)13-8-9-14(16(17,18)19)12(4-2)11-13/h4,8-9,11H,2-3,5-7,10H2,1H3,(H,20,21). The van der Waals surface area contributed by atoms with Gasteiger partial charge in [-0.2, -0.15) is 13.2 Å². The summed E-state index contributed by atoms with van der Waals surface area (Å²) in [6.07, 6.45) is 0.780. The van der Waals surface area contributed by atoms with Crippen LogP contribution in [-0.2, 0) is 6.18 Å². The summed E-state index contributed by atoms with van der Waals surface area (Å²) in [5.74, 6) is -0.358. The zero-order chi connectivity index (χ0) is 15.9. The molecule has 0 aliphatic heterocycles. The molecule has 5 heteroatoms. The van der Waals surface area contributed by atoms with Gasteiger partial charge in [0.15, 0.2) is 0 Å². The van der Waals surface area contributed by atoms with E-state index in [0.717, 1.165) is 37.8 Å². The third-order valence-electron chi connectivity index (χ3n) is 3.15. The van der Waals surface area contributed by atoms with Crippen molar-refractivity contribution in [3.8, 4) is 0 Å². The molecule has 2 nitrogen and oxygen atoms in total. The highest BCUT2D eigenvalue weighted by molar-refractivity contribution is 5.94. The number of rotatable bonds is 7. The van der Waals surface area contributed by atoms with E-state index in [0.29, 0.717) is 6.54 Å². The summed E-state index contributed by atoms with van der Waals surface area (Å²) in [6, 6.07) is 3.33. The summed E-state index contributed by atoms with van der Waals surface area (Å²) in [4.78, 5) is 11.9. The SMILES string of the molecule is C=Cc1cc(C(=O)NCCCCCC)ccc1C(F)(F)F. The van der Waals surface area contributed by atoms with Crippen LogP contribution in [0.15, 0.2) is 24.8 Å². The zero-order valence-electron chi connectivity index (χ0n) is 12.1. The second-order valence-electron chi connectivity index (χ2n) is 4.82. The van der Waals surface area contributed by atoms with E-state index >= 15 is 0 Å². The Morgan fingerprint density at radius 3 is 2.57 bits per heavy atom. The molecule has 1 aromatic rings. The first-order valence-corrected chi connectivity index (χ1v) is 7.02. The monoisotopic (exact) mass is 299 g/mol. The van der Waals surface area contributed by atoms with Crippen molar-refractivity contribution in [2.24, 2.45) is 0 Å². The maximum atomic E-state index is 12.7. The fourth-order valence-electron chi connectivity index (χ4n) is 1.99. The number of amides is 1. The van der Waals surface area contributed by atoms with Crippen molar-refractivity contribution in [1.29, 1.82) is 0 Å². The van der Waals surface area contributed by atoms with Gasteiger partial charge in [-0.1, -0.05) is 38.8 Å². The van der Waals surface area contributed by atoms with Crippen molar-refractivity contribution in [2.45, 2.75) is 38.8 Å². The fourth-order valence-corrected chi connectivity index (χ4v) is 1.99. The van der Waals surface area contributed by atoms with Crippen LogP contribution in [0.1, 0.15) is 54.1 Å². The minimum atomic E-state index is -4.45. The largest absolute Gasteiger partial charge is 0.416 e. The van der Waals surface area contributed by atoms with Crippen LogP contribution in [-0.4, -0.2) is 12.5 Å². The van der Waals surface area contributed by atoms with Crippen LogP contribution in [0.5, 0.6) is 0 Å². The van der Waals surface area contributed by atoms with Crippen molar-refractivity contribution >= 4 is 12.0 Å². The lowest BCUT2D eigenvalue weighted by Gasteiger charge is -2.12. The Morgan fingerprint density at radius 1 is 1.29 bits per heavy atom. The first-order chi connectivity index (χ1) is 9.90. The minimum Gasteiger partial charge on any atom is -0.352 e. The van der Waals surface area contributed by atoms with Crippen LogP contribution < -0.4 is 5.32 Å². The van der Waals surface area contributed by atoms with Crippen molar-refractivity contribution in [3.63, 3.8) is 0 Å². The molecule has 0 aliphatic carbocycles. The van der Waals surface area contributed by atoms with Crippen LogP contribution >= 0.6 is 0 Å². The Labute approximate surface area is 123 Å². The van der Waals surface area contributed by atoms with Crippen LogP contribution in [0, 0.1) is 0 Å². The van der Waals surface area contributed by atoms with Gasteiger partial charge in [0.2, 0.25) is 0 Å². The number of benzene rings is 1. The summed E-state index contributed by atoms with van der Waals surface area (Å²) in [5.41, 5.74) is -0.647. The molecule has 0 atom stereocenters. The van der Waals surface area contributed by atoms with E-state index in [-0.39, 0.29) is 17.0 Å². The predicted octanol–water partition coefficient (Wildman–Crippen LogP) is 4.66. The maximum absolute atomic E-state index is 12.7. The Kier molecular flexibility index (Phi) is 6.46. The predicted molar refractivity (Wildman–Crippen MR) is 78.0 cm³/mol. The van der Waals surface area contributed by atoms with E-state index in [2.05, 4.69) is 18.8 Å². The highest BCUT2D eigenvalue weighted by atomic mass is 19.4. The molecule has 0 radical (unpaired) electrons. The smallest absolute Gasteiger partial charge is 0.352 e.